The summed E-state index contributed by atoms with van der Waals surface area (Å²) in [5.74, 6) is 0.358. The number of nitrogens with zero attached hydrogens (tertiary/aromatic N) is 2. The summed E-state index contributed by atoms with van der Waals surface area (Å²) in [7, 11) is 1.75. The second-order valence-corrected chi connectivity index (χ2v) is 4.42. The van der Waals surface area contributed by atoms with Crippen LogP contribution in [0.25, 0.3) is 0 Å². The smallest absolute Gasteiger partial charge is 0.270 e. The number of nitrogens with one attached hydrogen (secondary N) is 1. The van der Waals surface area contributed by atoms with E-state index in [9.17, 15) is 4.79 Å². The van der Waals surface area contributed by atoms with Crippen LogP contribution in [-0.4, -0.2) is 22.2 Å². The molecule has 4 nitrogen and oxygen atoms in total. The van der Waals surface area contributed by atoms with Crippen LogP contribution in [0, 0.1) is 5.92 Å². The highest BCUT2D eigenvalue weighted by Crippen LogP contribution is 2.14. The second kappa shape index (κ2) is 4.59. The first-order valence-electron chi connectivity index (χ1n) is 4.48. The Hall–Kier alpha value is -0.840. The van der Waals surface area contributed by atoms with Gasteiger partial charge in [0.15, 0.2) is 0 Å². The van der Waals surface area contributed by atoms with Gasteiger partial charge in [-0.1, -0.05) is 13.8 Å². The Balaban J connectivity index is 2.70. The van der Waals surface area contributed by atoms with Crippen molar-refractivity contribution in [3.8, 4) is 0 Å². The molecule has 1 amide bonds. The topological polar surface area (TPSA) is 46.9 Å². The van der Waals surface area contributed by atoms with Gasteiger partial charge in [-0.2, -0.15) is 5.10 Å². The molecule has 5 heteroatoms. The number of halogens is 1. The van der Waals surface area contributed by atoms with E-state index in [2.05, 4.69) is 40.2 Å². The maximum atomic E-state index is 11.6. The van der Waals surface area contributed by atoms with Gasteiger partial charge >= 0.3 is 0 Å². The number of rotatable bonds is 3. The van der Waals surface area contributed by atoms with Crippen molar-refractivity contribution < 1.29 is 4.79 Å². The predicted molar refractivity (Wildman–Crippen MR) is 58.1 cm³/mol. The molecule has 0 unspecified atom stereocenters. The van der Waals surface area contributed by atoms with E-state index in [4.69, 9.17) is 0 Å². The average Bonchev–Trinajstić information content (AvgIpc) is 2.42. The number of hydrogen-bond acceptors (Lipinski definition) is 2. The van der Waals surface area contributed by atoms with Crippen molar-refractivity contribution in [1.82, 2.24) is 15.1 Å². The number of aryl methyl sites for hydroxylation is 1. The maximum Gasteiger partial charge on any atom is 0.270 e. The highest BCUT2D eigenvalue weighted by molar-refractivity contribution is 9.10. The van der Waals surface area contributed by atoms with Crippen LogP contribution in [0.15, 0.2) is 10.7 Å². The van der Waals surface area contributed by atoms with E-state index in [0.717, 1.165) is 4.47 Å². The molecule has 0 aliphatic carbocycles. The summed E-state index contributed by atoms with van der Waals surface area (Å²) < 4.78 is 2.28. The van der Waals surface area contributed by atoms with E-state index < -0.39 is 0 Å². The van der Waals surface area contributed by atoms with E-state index in [1.165, 1.54) is 0 Å². The fraction of sp³-hybridized carbons (Fsp3) is 0.556. The lowest BCUT2D eigenvalue weighted by Gasteiger charge is -2.07. The average molecular weight is 260 g/mol. The molecule has 1 rings (SSSR count). The van der Waals surface area contributed by atoms with E-state index in [1.54, 1.807) is 17.9 Å². The molecule has 1 aromatic rings. The highest BCUT2D eigenvalue weighted by atomic mass is 79.9. The molecule has 0 radical (unpaired) electrons. The van der Waals surface area contributed by atoms with Crippen molar-refractivity contribution in [2.45, 2.75) is 13.8 Å². The molecule has 0 aliphatic heterocycles. The van der Waals surface area contributed by atoms with Crippen LogP contribution in [0.5, 0.6) is 0 Å². The number of amides is 1. The molecule has 1 N–H and O–H groups in total. The van der Waals surface area contributed by atoms with E-state index >= 15 is 0 Å². The van der Waals surface area contributed by atoms with Crippen LogP contribution in [0.2, 0.25) is 0 Å². The summed E-state index contributed by atoms with van der Waals surface area (Å²) >= 11 is 3.28. The lowest BCUT2D eigenvalue weighted by molar-refractivity contribution is 0.0939. The minimum Gasteiger partial charge on any atom is -0.350 e. The van der Waals surface area contributed by atoms with Crippen molar-refractivity contribution >= 4 is 21.8 Å². The minimum atomic E-state index is -0.0921. The molecule has 0 fully saturated rings. The van der Waals surface area contributed by atoms with Crippen LogP contribution < -0.4 is 5.32 Å². The van der Waals surface area contributed by atoms with Crippen LogP contribution in [-0.2, 0) is 7.05 Å². The van der Waals surface area contributed by atoms with E-state index in [0.29, 0.717) is 18.2 Å². The molecule has 0 aromatic carbocycles. The van der Waals surface area contributed by atoms with Crippen molar-refractivity contribution in [2.75, 3.05) is 6.54 Å². The van der Waals surface area contributed by atoms with Gasteiger partial charge in [-0.3, -0.25) is 9.48 Å². The monoisotopic (exact) mass is 259 g/mol. The zero-order valence-electron chi connectivity index (χ0n) is 8.54. The SMILES string of the molecule is CC(C)CNC(=O)c1c(Br)cnn1C. The molecule has 0 aliphatic rings. The third-order valence-electron chi connectivity index (χ3n) is 1.78. The van der Waals surface area contributed by atoms with Gasteiger partial charge in [0.1, 0.15) is 5.69 Å². The van der Waals surface area contributed by atoms with Gasteiger partial charge < -0.3 is 5.32 Å². The Morgan fingerprint density at radius 2 is 2.36 bits per heavy atom. The predicted octanol–water partition coefficient (Wildman–Crippen LogP) is 1.57. The molecular weight excluding hydrogens is 246 g/mol. The molecule has 0 saturated carbocycles. The zero-order chi connectivity index (χ0) is 10.7. The van der Waals surface area contributed by atoms with Crippen LogP contribution >= 0.6 is 15.9 Å². The fourth-order valence-electron chi connectivity index (χ4n) is 1.05. The largest absolute Gasteiger partial charge is 0.350 e. The van der Waals surface area contributed by atoms with Crippen LogP contribution in [0.3, 0.4) is 0 Å². The van der Waals surface area contributed by atoms with Crippen molar-refractivity contribution in [1.29, 1.82) is 0 Å². The highest BCUT2D eigenvalue weighted by Gasteiger charge is 2.14. The van der Waals surface area contributed by atoms with E-state index in [-0.39, 0.29) is 5.91 Å². The van der Waals surface area contributed by atoms with Gasteiger partial charge in [0, 0.05) is 13.6 Å². The Kier molecular flexibility index (Phi) is 3.69. The van der Waals surface area contributed by atoms with Crippen molar-refractivity contribution in [3.63, 3.8) is 0 Å². The molecule has 1 aromatic heterocycles. The number of hydrogen-bond donors (Lipinski definition) is 1. The molecule has 0 saturated heterocycles. The van der Waals surface area contributed by atoms with Crippen LogP contribution in [0.4, 0.5) is 0 Å². The van der Waals surface area contributed by atoms with E-state index in [1.807, 2.05) is 0 Å². The van der Waals surface area contributed by atoms with Gasteiger partial charge in [-0.05, 0) is 21.8 Å². The van der Waals surface area contributed by atoms with Gasteiger partial charge in [-0.25, -0.2) is 0 Å². The Labute approximate surface area is 91.8 Å². The normalized spacial score (nSPS) is 10.6. The summed E-state index contributed by atoms with van der Waals surface area (Å²) in [6.07, 6.45) is 1.62. The molecule has 0 spiro atoms. The lowest BCUT2D eigenvalue weighted by Crippen LogP contribution is -2.29. The summed E-state index contributed by atoms with van der Waals surface area (Å²) in [5, 5.41) is 6.81. The zero-order valence-corrected chi connectivity index (χ0v) is 10.1. The molecule has 0 atom stereocenters. The van der Waals surface area contributed by atoms with Crippen LogP contribution in [0.1, 0.15) is 24.3 Å². The Morgan fingerprint density at radius 3 is 2.79 bits per heavy atom. The lowest BCUT2D eigenvalue weighted by atomic mass is 10.2. The number of carbonyl (C=O) groups is 1. The van der Waals surface area contributed by atoms with Crippen molar-refractivity contribution in [2.24, 2.45) is 13.0 Å². The maximum absolute atomic E-state index is 11.6. The fourth-order valence-corrected chi connectivity index (χ4v) is 1.57. The summed E-state index contributed by atoms with van der Waals surface area (Å²) in [6, 6.07) is 0. The molecule has 1 heterocycles. The Bertz CT molecular complexity index is 313. The first-order chi connectivity index (χ1) is 6.52. The van der Waals surface area contributed by atoms with Gasteiger partial charge in [0.2, 0.25) is 0 Å². The minimum absolute atomic E-state index is 0.0921. The van der Waals surface area contributed by atoms with Gasteiger partial charge in [0.25, 0.3) is 5.91 Å². The molecule has 0 bridgehead atoms. The summed E-state index contributed by atoms with van der Waals surface area (Å²) in [4.78, 5) is 11.6. The molecular formula is C9H14BrN3O. The third kappa shape index (κ3) is 2.57. The first kappa shape index (κ1) is 11.2. The van der Waals surface area contributed by atoms with Gasteiger partial charge in [0.05, 0.1) is 10.7 Å². The number of carbonyl (C=O) groups excluding carboxylic acids is 1. The number of aromatic nitrogens is 2. The van der Waals surface area contributed by atoms with Crippen molar-refractivity contribution in [3.05, 3.63) is 16.4 Å². The third-order valence-corrected chi connectivity index (χ3v) is 2.36. The molecule has 78 valence electrons. The first-order valence-corrected chi connectivity index (χ1v) is 5.27. The quantitative estimate of drug-likeness (QED) is 0.896. The Morgan fingerprint density at radius 1 is 1.71 bits per heavy atom. The standard InChI is InChI=1S/C9H14BrN3O/c1-6(2)4-11-9(14)8-7(10)5-12-13(8)3/h5-6H,4H2,1-3H3,(H,11,14). The summed E-state index contributed by atoms with van der Waals surface area (Å²) in [6.45, 7) is 4.79. The van der Waals surface area contributed by atoms with Gasteiger partial charge in [-0.15, -0.1) is 0 Å². The molecule has 14 heavy (non-hydrogen) atoms. The summed E-state index contributed by atoms with van der Waals surface area (Å²) in [5.41, 5.74) is 0.561. The second-order valence-electron chi connectivity index (χ2n) is 3.57.